The maximum Gasteiger partial charge on any atom is 0.284 e. The number of furan rings is 1. The molecule has 0 aliphatic heterocycles. The lowest BCUT2D eigenvalue weighted by Gasteiger charge is -2.10. The summed E-state index contributed by atoms with van der Waals surface area (Å²) in [4.78, 5) is 0. The van der Waals surface area contributed by atoms with Crippen molar-refractivity contribution < 1.29 is 17.9 Å². The smallest absolute Gasteiger partial charge is 0.284 e. The lowest BCUT2D eigenvalue weighted by Crippen LogP contribution is -2.12. The third-order valence-electron chi connectivity index (χ3n) is 2.99. The van der Waals surface area contributed by atoms with Gasteiger partial charge in [0, 0.05) is 6.54 Å². The van der Waals surface area contributed by atoms with Crippen molar-refractivity contribution in [2.24, 2.45) is 0 Å². The van der Waals surface area contributed by atoms with E-state index in [0.717, 1.165) is 17.1 Å². The zero-order valence-electron chi connectivity index (χ0n) is 13.2. The lowest BCUT2D eigenvalue weighted by molar-refractivity contribution is 0.242. The van der Waals surface area contributed by atoms with Crippen LogP contribution in [-0.4, -0.2) is 11.9 Å². The molecule has 2 rings (SSSR count). The van der Waals surface area contributed by atoms with Crippen molar-refractivity contribution in [3.05, 3.63) is 53.5 Å². The first kappa shape index (κ1) is 17.8. The van der Waals surface area contributed by atoms with Crippen LogP contribution in [0, 0.1) is 0 Å². The van der Waals surface area contributed by atoms with Crippen LogP contribution in [0.4, 0.5) is 8.78 Å². The van der Waals surface area contributed by atoms with E-state index in [1.165, 1.54) is 0 Å². The molecule has 1 heterocycles. The molecular formula is C17H21F2NO2S. The monoisotopic (exact) mass is 341 g/mol. The number of alkyl halides is 2. The van der Waals surface area contributed by atoms with E-state index in [4.69, 9.17) is 9.15 Å². The first-order chi connectivity index (χ1) is 11.0. The van der Waals surface area contributed by atoms with E-state index in [1.807, 2.05) is 44.2 Å². The maximum atomic E-state index is 12.1. The number of hydrogen-bond acceptors (Lipinski definition) is 4. The average Bonchev–Trinajstić information content (AvgIpc) is 2.94. The van der Waals surface area contributed by atoms with Gasteiger partial charge in [0.05, 0.1) is 18.4 Å². The van der Waals surface area contributed by atoms with Crippen LogP contribution in [0.3, 0.4) is 0 Å². The molecule has 0 bridgehead atoms. The van der Waals surface area contributed by atoms with Crippen LogP contribution in [0.25, 0.3) is 0 Å². The molecule has 0 atom stereocenters. The number of thioether (sulfide) groups is 1. The molecule has 0 aliphatic carbocycles. The van der Waals surface area contributed by atoms with Crippen molar-refractivity contribution >= 4 is 11.8 Å². The molecule has 126 valence electrons. The number of rotatable bonds is 9. The quantitative estimate of drug-likeness (QED) is 0.709. The van der Waals surface area contributed by atoms with Crippen molar-refractivity contribution in [2.45, 2.75) is 44.6 Å². The van der Waals surface area contributed by atoms with Crippen LogP contribution in [0.2, 0.25) is 0 Å². The van der Waals surface area contributed by atoms with Gasteiger partial charge < -0.3 is 14.5 Å². The average molecular weight is 341 g/mol. The van der Waals surface area contributed by atoms with Crippen molar-refractivity contribution in [2.75, 3.05) is 0 Å². The van der Waals surface area contributed by atoms with E-state index in [0.29, 0.717) is 30.6 Å². The molecule has 3 nitrogen and oxygen atoms in total. The Kier molecular flexibility index (Phi) is 6.92. The molecule has 0 saturated carbocycles. The largest absolute Gasteiger partial charge is 0.491 e. The third-order valence-corrected chi connectivity index (χ3v) is 3.70. The minimum absolute atomic E-state index is 0.162. The van der Waals surface area contributed by atoms with Gasteiger partial charge in [-0.15, -0.1) is 0 Å². The first-order valence-corrected chi connectivity index (χ1v) is 8.51. The highest BCUT2D eigenvalue weighted by Gasteiger charge is 2.07. The van der Waals surface area contributed by atoms with Gasteiger partial charge in [0.2, 0.25) is 0 Å². The summed E-state index contributed by atoms with van der Waals surface area (Å²) >= 11 is 0.564. The molecule has 0 radical (unpaired) electrons. The van der Waals surface area contributed by atoms with Gasteiger partial charge in [0.15, 0.2) is 0 Å². The van der Waals surface area contributed by atoms with Crippen molar-refractivity contribution in [1.29, 1.82) is 0 Å². The Balaban J connectivity index is 1.74. The molecule has 2 aromatic rings. The molecule has 1 aromatic carbocycles. The Morgan fingerprint density at radius 2 is 1.74 bits per heavy atom. The standard InChI is InChI=1S/C17H21F2NO2S/c1-12(2)21-14-5-3-13(4-6-14)9-20-10-15-7-8-16(22-15)11-23-17(18)19/h3-8,12,17,20H,9-11H2,1-2H3. The van der Waals surface area contributed by atoms with E-state index < -0.39 is 5.76 Å². The van der Waals surface area contributed by atoms with Gasteiger partial charge in [-0.1, -0.05) is 23.9 Å². The number of ether oxygens (including phenoxy) is 1. The number of nitrogens with one attached hydrogen (secondary N) is 1. The van der Waals surface area contributed by atoms with Crippen LogP contribution >= 0.6 is 11.8 Å². The predicted molar refractivity (Wildman–Crippen MR) is 88.8 cm³/mol. The van der Waals surface area contributed by atoms with Gasteiger partial charge in [-0.2, -0.15) is 8.78 Å². The van der Waals surface area contributed by atoms with Crippen molar-refractivity contribution in [1.82, 2.24) is 5.32 Å². The molecule has 6 heteroatoms. The summed E-state index contributed by atoms with van der Waals surface area (Å²) in [6, 6.07) is 11.5. The zero-order valence-corrected chi connectivity index (χ0v) is 14.0. The van der Waals surface area contributed by atoms with Crippen molar-refractivity contribution in [3.63, 3.8) is 0 Å². The summed E-state index contributed by atoms with van der Waals surface area (Å²) in [6.45, 7) is 5.24. The Bertz CT molecular complexity index is 585. The summed E-state index contributed by atoms with van der Waals surface area (Å²) in [7, 11) is 0. The summed E-state index contributed by atoms with van der Waals surface area (Å²) < 4.78 is 35.3. The Labute approximate surface area is 139 Å². The SMILES string of the molecule is CC(C)Oc1ccc(CNCc2ccc(CSC(F)F)o2)cc1. The van der Waals surface area contributed by atoms with E-state index >= 15 is 0 Å². The molecule has 1 aromatic heterocycles. The first-order valence-electron chi connectivity index (χ1n) is 7.46. The number of halogens is 2. The van der Waals surface area contributed by atoms with Crippen LogP contribution in [-0.2, 0) is 18.8 Å². The summed E-state index contributed by atoms with van der Waals surface area (Å²) in [5, 5.41) is 3.27. The number of benzene rings is 1. The van der Waals surface area contributed by atoms with Gasteiger partial charge in [-0.05, 0) is 43.7 Å². The Morgan fingerprint density at radius 3 is 2.39 bits per heavy atom. The fraction of sp³-hybridized carbons (Fsp3) is 0.412. The molecular weight excluding hydrogens is 320 g/mol. The third kappa shape index (κ3) is 6.62. The normalized spacial score (nSPS) is 11.4. The number of hydrogen-bond donors (Lipinski definition) is 1. The fourth-order valence-electron chi connectivity index (χ4n) is 2.03. The van der Waals surface area contributed by atoms with E-state index in [-0.39, 0.29) is 11.9 Å². The highest BCUT2D eigenvalue weighted by molar-refractivity contribution is 7.98. The molecule has 1 N–H and O–H groups in total. The van der Waals surface area contributed by atoms with Gasteiger partial charge in [-0.25, -0.2) is 0 Å². The maximum absolute atomic E-state index is 12.1. The Morgan fingerprint density at radius 1 is 1.04 bits per heavy atom. The van der Waals surface area contributed by atoms with Crippen LogP contribution in [0.5, 0.6) is 5.75 Å². The minimum atomic E-state index is -2.37. The molecule has 0 amide bonds. The topological polar surface area (TPSA) is 34.4 Å². The van der Waals surface area contributed by atoms with Crippen molar-refractivity contribution in [3.8, 4) is 5.75 Å². The van der Waals surface area contributed by atoms with Crippen LogP contribution in [0.15, 0.2) is 40.8 Å². The zero-order chi connectivity index (χ0) is 16.7. The van der Waals surface area contributed by atoms with Gasteiger partial charge >= 0.3 is 0 Å². The molecule has 0 aliphatic rings. The molecule has 0 fully saturated rings. The van der Waals surface area contributed by atoms with Gasteiger partial charge in [0.1, 0.15) is 17.3 Å². The second-order valence-corrected chi connectivity index (χ2v) is 6.33. The summed E-state index contributed by atoms with van der Waals surface area (Å²) in [6.07, 6.45) is 0.162. The van der Waals surface area contributed by atoms with Crippen LogP contribution in [0.1, 0.15) is 30.9 Å². The fourth-order valence-corrected chi connectivity index (χ4v) is 2.47. The molecule has 0 unspecified atom stereocenters. The molecule has 0 saturated heterocycles. The second kappa shape index (κ2) is 8.93. The van der Waals surface area contributed by atoms with Crippen LogP contribution < -0.4 is 10.1 Å². The van der Waals surface area contributed by atoms with E-state index in [9.17, 15) is 8.78 Å². The summed E-state index contributed by atoms with van der Waals surface area (Å²) in [5.41, 5.74) is 1.14. The van der Waals surface area contributed by atoms with E-state index in [1.54, 1.807) is 6.07 Å². The van der Waals surface area contributed by atoms with Gasteiger partial charge in [-0.3, -0.25) is 0 Å². The molecule has 23 heavy (non-hydrogen) atoms. The lowest BCUT2D eigenvalue weighted by atomic mass is 10.2. The highest BCUT2D eigenvalue weighted by Crippen LogP contribution is 2.21. The highest BCUT2D eigenvalue weighted by atomic mass is 32.2. The predicted octanol–water partition coefficient (Wildman–Crippen LogP) is 4.81. The molecule has 0 spiro atoms. The second-order valence-electron chi connectivity index (χ2n) is 5.35. The Hall–Kier alpha value is -1.53. The summed E-state index contributed by atoms with van der Waals surface area (Å²) in [5.74, 6) is -0.00758. The van der Waals surface area contributed by atoms with E-state index in [2.05, 4.69) is 5.32 Å². The van der Waals surface area contributed by atoms with Gasteiger partial charge in [0.25, 0.3) is 5.76 Å². The minimum Gasteiger partial charge on any atom is -0.491 e.